The molecule has 5 nitrogen and oxygen atoms in total. The van der Waals surface area contributed by atoms with E-state index in [9.17, 15) is 4.79 Å². The van der Waals surface area contributed by atoms with Crippen LogP contribution in [0.2, 0.25) is 0 Å². The van der Waals surface area contributed by atoms with Gasteiger partial charge in [-0.05, 0) is 47.2 Å². The number of hydrazine groups is 1. The van der Waals surface area contributed by atoms with Crippen LogP contribution in [0.25, 0.3) is 0 Å². The highest BCUT2D eigenvalue weighted by molar-refractivity contribution is 14.1. The van der Waals surface area contributed by atoms with Crippen LogP contribution in [0.15, 0.2) is 18.2 Å². The molecule has 1 aromatic rings. The minimum atomic E-state index is -0.444. The van der Waals surface area contributed by atoms with E-state index in [0.717, 1.165) is 27.7 Å². The van der Waals surface area contributed by atoms with Gasteiger partial charge in [-0.2, -0.15) is 0 Å². The molecule has 2 N–H and O–H groups in total. The number of hydrogen-bond donors (Lipinski definition) is 2. The molecule has 1 heterocycles. The molecule has 0 saturated heterocycles. The predicted octanol–water partition coefficient (Wildman–Crippen LogP) is 2.76. The first kappa shape index (κ1) is 14.4. The smallest absolute Gasteiger partial charge is 0.421 e. The summed E-state index contributed by atoms with van der Waals surface area (Å²) in [7, 11) is 0. The van der Waals surface area contributed by atoms with Gasteiger partial charge in [0.1, 0.15) is 5.75 Å². The Kier molecular flexibility index (Phi) is 5.26. The number of rotatable bonds is 4. The van der Waals surface area contributed by atoms with Gasteiger partial charge >= 0.3 is 6.09 Å². The second-order valence-electron chi connectivity index (χ2n) is 4.28. The normalized spacial score (nSPS) is 17.3. The fourth-order valence-electron chi connectivity index (χ4n) is 1.89. The number of ether oxygens (including phenoxy) is 2. The van der Waals surface area contributed by atoms with Crippen molar-refractivity contribution in [2.75, 3.05) is 13.2 Å². The van der Waals surface area contributed by atoms with Crippen LogP contribution in [0.1, 0.15) is 31.4 Å². The van der Waals surface area contributed by atoms with Gasteiger partial charge in [0.15, 0.2) is 0 Å². The first-order chi connectivity index (χ1) is 9.20. The molecular formula is C13H17IN2O3. The third-order valence-corrected chi connectivity index (χ3v) is 3.47. The number of benzene rings is 1. The molecule has 19 heavy (non-hydrogen) atoms. The second kappa shape index (κ2) is 6.95. The highest BCUT2D eigenvalue weighted by atomic mass is 127. The molecule has 0 aliphatic carbocycles. The predicted molar refractivity (Wildman–Crippen MR) is 79.9 cm³/mol. The maximum Gasteiger partial charge on any atom is 0.421 e. The van der Waals surface area contributed by atoms with Gasteiger partial charge in [-0.25, -0.2) is 10.2 Å². The molecule has 0 saturated carbocycles. The van der Waals surface area contributed by atoms with Crippen LogP contribution in [0.4, 0.5) is 4.79 Å². The van der Waals surface area contributed by atoms with Crippen molar-refractivity contribution in [1.82, 2.24) is 10.9 Å². The topological polar surface area (TPSA) is 59.6 Å². The molecule has 0 spiro atoms. The van der Waals surface area contributed by atoms with Crippen molar-refractivity contribution in [3.63, 3.8) is 0 Å². The number of amides is 1. The Labute approximate surface area is 126 Å². The summed E-state index contributed by atoms with van der Waals surface area (Å²) in [4.78, 5) is 11.4. The Morgan fingerprint density at radius 2 is 2.42 bits per heavy atom. The number of carbonyl (C=O) groups excluding carboxylic acids is 1. The molecule has 0 fully saturated rings. The van der Waals surface area contributed by atoms with Gasteiger partial charge in [-0.15, -0.1) is 0 Å². The van der Waals surface area contributed by atoms with E-state index in [4.69, 9.17) is 9.47 Å². The zero-order valence-electron chi connectivity index (χ0n) is 10.7. The highest BCUT2D eigenvalue weighted by Gasteiger charge is 2.22. The van der Waals surface area contributed by atoms with Crippen LogP contribution in [0.5, 0.6) is 5.75 Å². The molecule has 1 aliphatic rings. The highest BCUT2D eigenvalue weighted by Crippen LogP contribution is 2.32. The number of nitrogens with one attached hydrogen (secondary N) is 2. The standard InChI is InChI=1S/C13H17IN2O3/c1-2-6-19-13(17)16-15-11-5-7-18-12-4-3-9(14)8-10(11)12/h3-4,8,11,15H,2,5-7H2,1H3,(H,16,17). The van der Waals surface area contributed by atoms with E-state index in [0.29, 0.717) is 13.2 Å². The lowest BCUT2D eigenvalue weighted by atomic mass is 10.0. The van der Waals surface area contributed by atoms with Crippen LogP contribution >= 0.6 is 22.6 Å². The molecule has 1 amide bonds. The molecule has 1 atom stereocenters. The van der Waals surface area contributed by atoms with Crippen LogP contribution in [0.3, 0.4) is 0 Å². The van der Waals surface area contributed by atoms with Crippen molar-refractivity contribution in [1.29, 1.82) is 0 Å². The third-order valence-electron chi connectivity index (χ3n) is 2.80. The Bertz CT molecular complexity index is 454. The maximum atomic E-state index is 11.4. The van der Waals surface area contributed by atoms with Crippen molar-refractivity contribution >= 4 is 28.7 Å². The van der Waals surface area contributed by atoms with Crippen LogP contribution in [-0.4, -0.2) is 19.3 Å². The van der Waals surface area contributed by atoms with Crippen molar-refractivity contribution in [3.8, 4) is 5.75 Å². The molecule has 104 valence electrons. The van der Waals surface area contributed by atoms with Gasteiger partial charge < -0.3 is 9.47 Å². The SMILES string of the molecule is CCCOC(=O)NNC1CCOc2ccc(I)cc21. The number of carbonyl (C=O) groups is 1. The number of halogens is 1. The monoisotopic (exact) mass is 376 g/mol. The van der Waals surface area contributed by atoms with Crippen molar-refractivity contribution < 1.29 is 14.3 Å². The lowest BCUT2D eigenvalue weighted by Gasteiger charge is -2.26. The van der Waals surface area contributed by atoms with Crippen molar-refractivity contribution in [3.05, 3.63) is 27.3 Å². The second-order valence-corrected chi connectivity index (χ2v) is 5.52. The van der Waals surface area contributed by atoms with Crippen LogP contribution < -0.4 is 15.6 Å². The lowest BCUT2D eigenvalue weighted by molar-refractivity contribution is 0.136. The van der Waals surface area contributed by atoms with E-state index in [1.165, 1.54) is 0 Å². The summed E-state index contributed by atoms with van der Waals surface area (Å²) in [6.45, 7) is 3.02. The number of fused-ring (bicyclic) bond motifs is 1. The van der Waals surface area contributed by atoms with E-state index < -0.39 is 6.09 Å². The zero-order valence-corrected chi connectivity index (χ0v) is 12.9. The fourth-order valence-corrected chi connectivity index (χ4v) is 2.41. The Morgan fingerprint density at radius 1 is 1.58 bits per heavy atom. The minimum Gasteiger partial charge on any atom is -0.493 e. The first-order valence-corrected chi connectivity index (χ1v) is 7.39. The summed E-state index contributed by atoms with van der Waals surface area (Å²) in [6, 6.07) is 6.07. The zero-order chi connectivity index (χ0) is 13.7. The summed E-state index contributed by atoms with van der Waals surface area (Å²) >= 11 is 2.26. The van der Waals surface area contributed by atoms with E-state index in [1.807, 2.05) is 19.1 Å². The average molecular weight is 376 g/mol. The molecule has 0 bridgehead atoms. The van der Waals surface area contributed by atoms with Crippen LogP contribution in [0, 0.1) is 3.57 Å². The van der Waals surface area contributed by atoms with E-state index in [1.54, 1.807) is 0 Å². The minimum absolute atomic E-state index is 0.0487. The largest absolute Gasteiger partial charge is 0.493 e. The Hall–Kier alpha value is -1.02. The fraction of sp³-hybridized carbons (Fsp3) is 0.462. The van der Waals surface area contributed by atoms with E-state index in [-0.39, 0.29) is 6.04 Å². The summed E-state index contributed by atoms with van der Waals surface area (Å²) in [5.41, 5.74) is 6.65. The van der Waals surface area contributed by atoms with Gasteiger partial charge in [0.2, 0.25) is 0 Å². The molecule has 0 aromatic heterocycles. The maximum absolute atomic E-state index is 11.4. The first-order valence-electron chi connectivity index (χ1n) is 6.31. The summed E-state index contributed by atoms with van der Waals surface area (Å²) in [5.74, 6) is 0.868. The third kappa shape index (κ3) is 3.97. The van der Waals surface area contributed by atoms with Crippen molar-refractivity contribution in [2.24, 2.45) is 0 Å². The lowest BCUT2D eigenvalue weighted by Crippen LogP contribution is -2.42. The van der Waals surface area contributed by atoms with Gasteiger partial charge in [-0.1, -0.05) is 6.92 Å². The Balaban J connectivity index is 1.95. The molecule has 1 aromatic carbocycles. The molecular weight excluding hydrogens is 359 g/mol. The molecule has 0 radical (unpaired) electrons. The molecule has 1 unspecified atom stereocenters. The number of hydrogen-bond acceptors (Lipinski definition) is 4. The van der Waals surface area contributed by atoms with Crippen LogP contribution in [-0.2, 0) is 4.74 Å². The molecule has 1 aliphatic heterocycles. The quantitative estimate of drug-likeness (QED) is 0.627. The average Bonchev–Trinajstić information content (AvgIpc) is 2.42. The Morgan fingerprint density at radius 3 is 3.21 bits per heavy atom. The van der Waals surface area contributed by atoms with Gasteiger partial charge in [0.05, 0.1) is 19.3 Å². The van der Waals surface area contributed by atoms with E-state index >= 15 is 0 Å². The van der Waals surface area contributed by atoms with E-state index in [2.05, 4.69) is 39.5 Å². The van der Waals surface area contributed by atoms with Crippen molar-refractivity contribution in [2.45, 2.75) is 25.8 Å². The summed E-state index contributed by atoms with van der Waals surface area (Å²) in [6.07, 6.45) is 1.17. The van der Waals surface area contributed by atoms with Gasteiger partial charge in [0.25, 0.3) is 0 Å². The summed E-state index contributed by atoms with van der Waals surface area (Å²) in [5, 5.41) is 0. The van der Waals surface area contributed by atoms with Gasteiger partial charge in [-0.3, -0.25) is 5.43 Å². The molecule has 2 rings (SSSR count). The van der Waals surface area contributed by atoms with Gasteiger partial charge in [0, 0.05) is 15.6 Å². The molecule has 6 heteroatoms. The summed E-state index contributed by atoms with van der Waals surface area (Å²) < 4.78 is 11.7.